The van der Waals surface area contributed by atoms with Gasteiger partial charge < -0.3 is 5.32 Å². The molecule has 3 rings (SSSR count). The number of nitrogens with one attached hydrogen (secondary N) is 1. The van der Waals surface area contributed by atoms with Crippen molar-refractivity contribution in [2.24, 2.45) is 7.05 Å². The lowest BCUT2D eigenvalue weighted by Gasteiger charge is -2.12. The molecule has 9 heteroatoms. The Morgan fingerprint density at radius 2 is 1.86 bits per heavy atom. The van der Waals surface area contributed by atoms with Crippen LogP contribution in [-0.2, 0) is 18.3 Å². The van der Waals surface area contributed by atoms with E-state index in [9.17, 15) is 22.4 Å². The molecule has 0 atom stereocenters. The molecule has 28 heavy (non-hydrogen) atoms. The molecule has 0 fully saturated rings. The molecule has 1 aromatic heterocycles. The van der Waals surface area contributed by atoms with Crippen LogP contribution in [0.15, 0.2) is 42.6 Å². The first kappa shape index (κ1) is 19.9. The minimum atomic E-state index is -2.81. The van der Waals surface area contributed by atoms with Gasteiger partial charge in [-0.05, 0) is 23.8 Å². The molecule has 1 heterocycles. The second-order valence-electron chi connectivity index (χ2n) is 6.04. The zero-order chi connectivity index (χ0) is 20.4. The molecule has 0 aliphatic rings. The highest BCUT2D eigenvalue weighted by atomic mass is 35.5. The lowest BCUT2D eigenvalue weighted by Crippen LogP contribution is -2.15. The van der Waals surface area contributed by atoms with Gasteiger partial charge in [-0.2, -0.15) is 5.10 Å². The van der Waals surface area contributed by atoms with E-state index in [2.05, 4.69) is 10.4 Å². The van der Waals surface area contributed by atoms with Gasteiger partial charge in [-0.25, -0.2) is 17.6 Å². The Balaban J connectivity index is 1.87. The first-order chi connectivity index (χ1) is 13.3. The summed E-state index contributed by atoms with van der Waals surface area (Å²) in [6.45, 7) is 0. The van der Waals surface area contributed by atoms with E-state index in [0.29, 0.717) is 5.56 Å². The van der Waals surface area contributed by atoms with Crippen molar-refractivity contribution >= 4 is 23.2 Å². The third-order valence-corrected chi connectivity index (χ3v) is 4.35. The molecular weight excluding hydrogens is 398 g/mol. The highest BCUT2D eigenvalue weighted by Crippen LogP contribution is 2.32. The lowest BCUT2D eigenvalue weighted by atomic mass is 10.0. The molecule has 4 nitrogen and oxygen atoms in total. The van der Waals surface area contributed by atoms with E-state index in [1.807, 2.05) is 0 Å². The second-order valence-corrected chi connectivity index (χ2v) is 6.42. The van der Waals surface area contributed by atoms with E-state index in [0.717, 1.165) is 12.1 Å². The highest BCUT2D eigenvalue weighted by Gasteiger charge is 2.20. The van der Waals surface area contributed by atoms with Gasteiger partial charge in [0.2, 0.25) is 5.91 Å². The van der Waals surface area contributed by atoms with Gasteiger partial charge in [0.25, 0.3) is 6.43 Å². The number of alkyl halides is 2. The molecule has 0 aliphatic heterocycles. The van der Waals surface area contributed by atoms with Gasteiger partial charge in [0.15, 0.2) is 0 Å². The number of para-hydroxylation sites is 1. The Labute approximate surface area is 162 Å². The predicted octanol–water partition coefficient (Wildman–Crippen LogP) is 5.14. The van der Waals surface area contributed by atoms with Gasteiger partial charge in [-0.15, -0.1) is 0 Å². The van der Waals surface area contributed by atoms with Crippen LogP contribution in [0.1, 0.15) is 17.7 Å². The van der Waals surface area contributed by atoms with Crippen LogP contribution in [0.2, 0.25) is 5.02 Å². The van der Waals surface area contributed by atoms with Gasteiger partial charge in [0.05, 0.1) is 6.42 Å². The highest BCUT2D eigenvalue weighted by molar-refractivity contribution is 6.31. The quantitative estimate of drug-likeness (QED) is 0.467. The molecule has 0 spiro atoms. The smallest absolute Gasteiger partial charge is 0.282 e. The summed E-state index contributed by atoms with van der Waals surface area (Å²) in [5.41, 5.74) is 0.426. The van der Waals surface area contributed by atoms with E-state index in [4.69, 9.17) is 11.6 Å². The van der Waals surface area contributed by atoms with Gasteiger partial charge in [0, 0.05) is 30.1 Å². The largest absolute Gasteiger partial charge is 0.325 e. The summed E-state index contributed by atoms with van der Waals surface area (Å²) in [6.07, 6.45) is -1.79. The van der Waals surface area contributed by atoms with Crippen molar-refractivity contribution in [3.8, 4) is 11.1 Å². The number of hydrogen-bond acceptors (Lipinski definition) is 2. The van der Waals surface area contributed by atoms with Gasteiger partial charge in [0.1, 0.15) is 22.4 Å². The normalized spacial score (nSPS) is 11.1. The fourth-order valence-electron chi connectivity index (χ4n) is 2.80. The number of rotatable bonds is 5. The monoisotopic (exact) mass is 411 g/mol. The van der Waals surface area contributed by atoms with E-state index < -0.39 is 34.7 Å². The Morgan fingerprint density at radius 3 is 2.50 bits per heavy atom. The molecule has 146 valence electrons. The molecule has 0 aliphatic carbocycles. The number of aromatic nitrogens is 2. The van der Waals surface area contributed by atoms with Crippen LogP contribution in [0.5, 0.6) is 0 Å². The molecule has 0 saturated heterocycles. The fraction of sp³-hybridized carbons (Fsp3) is 0.158. The Kier molecular flexibility index (Phi) is 5.69. The van der Waals surface area contributed by atoms with Crippen LogP contribution < -0.4 is 5.32 Å². The number of hydrogen-bond donors (Lipinski definition) is 1. The minimum Gasteiger partial charge on any atom is -0.325 e. The van der Waals surface area contributed by atoms with Gasteiger partial charge in [-0.1, -0.05) is 29.8 Å². The van der Waals surface area contributed by atoms with E-state index in [1.165, 1.54) is 24.0 Å². The maximum Gasteiger partial charge on any atom is 0.282 e. The van der Waals surface area contributed by atoms with E-state index in [-0.39, 0.29) is 23.2 Å². The SMILES string of the molecule is Cn1cc(CC(=O)Nc2ccccc2-c2cc(F)c(Cl)c(F)c2)c(C(F)F)n1. The summed E-state index contributed by atoms with van der Waals surface area (Å²) < 4.78 is 54.8. The van der Waals surface area contributed by atoms with Crippen LogP contribution in [-0.4, -0.2) is 15.7 Å². The first-order valence-electron chi connectivity index (χ1n) is 8.10. The average molecular weight is 412 g/mol. The molecule has 0 bridgehead atoms. The van der Waals surface area contributed by atoms with Crippen LogP contribution in [0.4, 0.5) is 23.2 Å². The number of amides is 1. The summed E-state index contributed by atoms with van der Waals surface area (Å²) in [7, 11) is 1.48. The predicted molar refractivity (Wildman–Crippen MR) is 97.3 cm³/mol. The average Bonchev–Trinajstić information content (AvgIpc) is 3.00. The topological polar surface area (TPSA) is 46.9 Å². The summed E-state index contributed by atoms with van der Waals surface area (Å²) in [4.78, 5) is 12.4. The van der Waals surface area contributed by atoms with Gasteiger partial charge in [-0.3, -0.25) is 9.48 Å². The Morgan fingerprint density at radius 1 is 1.21 bits per heavy atom. The summed E-state index contributed by atoms with van der Waals surface area (Å²) in [5.74, 6) is -2.44. The fourth-order valence-corrected chi connectivity index (χ4v) is 2.91. The summed E-state index contributed by atoms with van der Waals surface area (Å²) >= 11 is 5.50. The molecule has 1 N–H and O–H groups in total. The van der Waals surface area contributed by atoms with Crippen molar-refractivity contribution in [1.82, 2.24) is 9.78 Å². The van der Waals surface area contributed by atoms with Crippen LogP contribution in [0, 0.1) is 11.6 Å². The number of aryl methyl sites for hydroxylation is 1. The maximum absolute atomic E-state index is 13.8. The number of nitrogens with zero attached hydrogens (tertiary/aromatic N) is 2. The van der Waals surface area contributed by atoms with Crippen molar-refractivity contribution in [2.75, 3.05) is 5.32 Å². The molecule has 2 aromatic carbocycles. The van der Waals surface area contributed by atoms with Gasteiger partial charge >= 0.3 is 0 Å². The number of halogens is 5. The summed E-state index contributed by atoms with van der Waals surface area (Å²) in [5, 5.41) is 5.62. The third-order valence-electron chi connectivity index (χ3n) is 3.99. The molecule has 3 aromatic rings. The maximum atomic E-state index is 13.8. The number of benzene rings is 2. The van der Waals surface area contributed by atoms with E-state index >= 15 is 0 Å². The zero-order valence-electron chi connectivity index (χ0n) is 14.5. The molecule has 1 amide bonds. The van der Waals surface area contributed by atoms with Crippen LogP contribution in [0.25, 0.3) is 11.1 Å². The molecule has 0 saturated carbocycles. The van der Waals surface area contributed by atoms with Crippen molar-refractivity contribution in [3.05, 3.63) is 70.5 Å². The lowest BCUT2D eigenvalue weighted by molar-refractivity contribution is -0.115. The molecule has 0 unspecified atom stereocenters. The summed E-state index contributed by atoms with van der Waals surface area (Å²) in [6, 6.07) is 8.45. The van der Waals surface area contributed by atoms with Crippen molar-refractivity contribution < 1.29 is 22.4 Å². The van der Waals surface area contributed by atoms with Crippen molar-refractivity contribution in [1.29, 1.82) is 0 Å². The molecule has 0 radical (unpaired) electrons. The molecular formula is C19H14ClF4N3O. The minimum absolute atomic E-state index is 0.0936. The first-order valence-corrected chi connectivity index (χ1v) is 8.48. The second kappa shape index (κ2) is 8.02. The van der Waals surface area contributed by atoms with E-state index in [1.54, 1.807) is 18.2 Å². The van der Waals surface area contributed by atoms with Crippen molar-refractivity contribution in [2.45, 2.75) is 12.8 Å². The number of carbonyl (C=O) groups is 1. The standard InChI is InChI=1S/C19H14ClF4N3O/c1-27-9-11(18(26-27)19(23)24)8-16(28)25-15-5-3-2-4-12(15)10-6-13(21)17(20)14(22)7-10/h2-7,9,19H,8H2,1H3,(H,25,28). The van der Waals surface area contributed by atoms with Crippen LogP contribution in [0.3, 0.4) is 0 Å². The number of carbonyl (C=O) groups excluding carboxylic acids is 1. The zero-order valence-corrected chi connectivity index (χ0v) is 15.3. The third kappa shape index (κ3) is 4.17. The van der Waals surface area contributed by atoms with Crippen molar-refractivity contribution in [3.63, 3.8) is 0 Å². The van der Waals surface area contributed by atoms with Crippen LogP contribution >= 0.6 is 11.6 Å². The Hall–Kier alpha value is -2.87. The Bertz CT molecular complexity index is 1010. The number of anilines is 1.